The summed E-state index contributed by atoms with van der Waals surface area (Å²) in [5.41, 5.74) is 2.92. The van der Waals surface area contributed by atoms with Gasteiger partial charge >= 0.3 is 0 Å². The van der Waals surface area contributed by atoms with Gasteiger partial charge in [0.2, 0.25) is 0 Å². The average molecular weight is 273 g/mol. The van der Waals surface area contributed by atoms with Crippen LogP contribution in [0.1, 0.15) is 56.3 Å². The van der Waals surface area contributed by atoms with E-state index in [2.05, 4.69) is 36.5 Å². The number of hydrogen-bond acceptors (Lipinski definition) is 2. The van der Waals surface area contributed by atoms with Crippen LogP contribution in [0.4, 0.5) is 0 Å². The third-order valence-corrected chi connectivity index (χ3v) is 4.94. The van der Waals surface area contributed by atoms with E-state index < -0.39 is 0 Å². The Kier molecular flexibility index (Phi) is 4.74. The van der Waals surface area contributed by atoms with Gasteiger partial charge in [-0.3, -0.25) is 0 Å². The van der Waals surface area contributed by atoms with Gasteiger partial charge in [0.15, 0.2) is 0 Å². The lowest BCUT2D eigenvalue weighted by atomic mass is 9.77. The quantitative estimate of drug-likeness (QED) is 0.850. The minimum absolute atomic E-state index is 0.301. The minimum Gasteiger partial charge on any atom is -0.373 e. The molecule has 0 saturated heterocycles. The highest BCUT2D eigenvalue weighted by molar-refractivity contribution is 5.31. The molecule has 1 fully saturated rings. The zero-order valence-electron chi connectivity index (χ0n) is 12.6. The molecule has 0 radical (unpaired) electrons. The van der Waals surface area contributed by atoms with Crippen molar-refractivity contribution in [3.8, 4) is 0 Å². The number of fused-ring (bicyclic) bond motifs is 1. The second kappa shape index (κ2) is 6.73. The van der Waals surface area contributed by atoms with Crippen LogP contribution < -0.4 is 5.32 Å². The Balaban J connectivity index is 1.68. The van der Waals surface area contributed by atoms with Crippen LogP contribution in [0.3, 0.4) is 0 Å². The average Bonchev–Trinajstić information content (AvgIpc) is 2.43. The number of ether oxygens (including phenoxy) is 1. The molecule has 0 bridgehead atoms. The molecule has 110 valence electrons. The molecule has 0 aromatic heterocycles. The first-order chi connectivity index (χ1) is 9.88. The van der Waals surface area contributed by atoms with Crippen molar-refractivity contribution in [2.75, 3.05) is 13.2 Å². The third kappa shape index (κ3) is 3.07. The van der Waals surface area contributed by atoms with Crippen LogP contribution in [0.25, 0.3) is 0 Å². The SMILES string of the molecule is CCCNC(CC1OCCc2ccccc21)C1CCC1. The summed E-state index contributed by atoms with van der Waals surface area (Å²) in [6, 6.07) is 9.47. The van der Waals surface area contributed by atoms with Crippen LogP contribution in [0.15, 0.2) is 24.3 Å². The van der Waals surface area contributed by atoms with E-state index in [0.717, 1.165) is 31.9 Å². The maximum atomic E-state index is 6.09. The summed E-state index contributed by atoms with van der Waals surface area (Å²) in [4.78, 5) is 0. The lowest BCUT2D eigenvalue weighted by Crippen LogP contribution is -2.41. The lowest BCUT2D eigenvalue weighted by molar-refractivity contribution is 0.0196. The summed E-state index contributed by atoms with van der Waals surface area (Å²) >= 11 is 0. The van der Waals surface area contributed by atoms with E-state index in [-0.39, 0.29) is 0 Å². The molecule has 3 rings (SSSR count). The Morgan fingerprint density at radius 1 is 1.30 bits per heavy atom. The molecule has 2 unspecified atom stereocenters. The normalized spacial score (nSPS) is 23.9. The Hall–Kier alpha value is -0.860. The van der Waals surface area contributed by atoms with Crippen molar-refractivity contribution in [2.24, 2.45) is 5.92 Å². The lowest BCUT2D eigenvalue weighted by Gasteiger charge is -2.37. The first-order valence-electron chi connectivity index (χ1n) is 8.31. The fourth-order valence-electron chi connectivity index (χ4n) is 3.52. The Labute approximate surface area is 122 Å². The smallest absolute Gasteiger partial charge is 0.0842 e. The van der Waals surface area contributed by atoms with Gasteiger partial charge in [0, 0.05) is 6.04 Å². The molecular weight excluding hydrogens is 246 g/mol. The van der Waals surface area contributed by atoms with Gasteiger partial charge in [-0.15, -0.1) is 0 Å². The van der Waals surface area contributed by atoms with E-state index in [9.17, 15) is 0 Å². The number of hydrogen-bond donors (Lipinski definition) is 1. The molecule has 1 aliphatic heterocycles. The maximum Gasteiger partial charge on any atom is 0.0842 e. The van der Waals surface area contributed by atoms with Crippen LogP contribution >= 0.6 is 0 Å². The van der Waals surface area contributed by atoms with Gasteiger partial charge in [-0.05, 0) is 55.7 Å². The van der Waals surface area contributed by atoms with Crippen molar-refractivity contribution >= 4 is 0 Å². The fraction of sp³-hybridized carbons (Fsp3) is 0.667. The van der Waals surface area contributed by atoms with Crippen molar-refractivity contribution in [3.05, 3.63) is 35.4 Å². The number of benzene rings is 1. The van der Waals surface area contributed by atoms with E-state index in [1.54, 1.807) is 0 Å². The summed E-state index contributed by atoms with van der Waals surface area (Å²) in [5.74, 6) is 0.874. The second-order valence-electron chi connectivity index (χ2n) is 6.30. The Morgan fingerprint density at radius 2 is 2.15 bits per heavy atom. The third-order valence-electron chi connectivity index (χ3n) is 4.94. The molecule has 20 heavy (non-hydrogen) atoms. The Bertz CT molecular complexity index is 427. The van der Waals surface area contributed by atoms with Crippen molar-refractivity contribution in [1.82, 2.24) is 5.32 Å². The van der Waals surface area contributed by atoms with E-state index in [4.69, 9.17) is 4.74 Å². The molecule has 2 atom stereocenters. The molecule has 2 aliphatic rings. The molecule has 1 heterocycles. The fourth-order valence-corrected chi connectivity index (χ4v) is 3.52. The van der Waals surface area contributed by atoms with E-state index in [1.807, 2.05) is 0 Å². The molecule has 1 N–H and O–H groups in total. The van der Waals surface area contributed by atoms with Crippen LogP contribution in [-0.4, -0.2) is 19.2 Å². The standard InChI is InChI=1S/C18H27NO/c1-2-11-19-17(15-7-5-8-15)13-18-16-9-4-3-6-14(16)10-12-20-18/h3-4,6,9,15,17-19H,2,5,7-8,10-13H2,1H3. The summed E-state index contributed by atoms with van der Waals surface area (Å²) in [5, 5.41) is 3.77. The van der Waals surface area contributed by atoms with Gasteiger partial charge in [0.1, 0.15) is 0 Å². The van der Waals surface area contributed by atoms with Crippen LogP contribution in [-0.2, 0) is 11.2 Å². The summed E-state index contributed by atoms with van der Waals surface area (Å²) in [6.45, 7) is 4.26. The van der Waals surface area contributed by atoms with E-state index >= 15 is 0 Å². The zero-order valence-corrected chi connectivity index (χ0v) is 12.6. The monoisotopic (exact) mass is 273 g/mol. The van der Waals surface area contributed by atoms with Crippen LogP contribution in [0.2, 0.25) is 0 Å². The van der Waals surface area contributed by atoms with Crippen molar-refractivity contribution in [1.29, 1.82) is 0 Å². The molecule has 2 nitrogen and oxygen atoms in total. The predicted octanol–water partition coefficient (Wildman–Crippen LogP) is 3.86. The number of rotatable bonds is 6. The zero-order chi connectivity index (χ0) is 13.8. The Morgan fingerprint density at radius 3 is 2.90 bits per heavy atom. The minimum atomic E-state index is 0.301. The van der Waals surface area contributed by atoms with Crippen molar-refractivity contribution in [2.45, 2.75) is 57.6 Å². The van der Waals surface area contributed by atoms with Crippen LogP contribution in [0, 0.1) is 5.92 Å². The summed E-state index contributed by atoms with van der Waals surface area (Å²) < 4.78 is 6.09. The molecule has 0 spiro atoms. The van der Waals surface area contributed by atoms with Gasteiger partial charge in [0.25, 0.3) is 0 Å². The molecule has 1 aromatic rings. The van der Waals surface area contributed by atoms with Gasteiger partial charge in [-0.2, -0.15) is 0 Å². The maximum absolute atomic E-state index is 6.09. The molecule has 1 saturated carbocycles. The topological polar surface area (TPSA) is 21.3 Å². The highest BCUT2D eigenvalue weighted by Crippen LogP contribution is 2.37. The van der Waals surface area contributed by atoms with Gasteiger partial charge in [0.05, 0.1) is 12.7 Å². The number of nitrogens with one attached hydrogen (secondary N) is 1. The summed E-state index contributed by atoms with van der Waals surface area (Å²) in [7, 11) is 0. The van der Waals surface area contributed by atoms with Gasteiger partial charge in [-0.1, -0.05) is 37.6 Å². The highest BCUT2D eigenvalue weighted by atomic mass is 16.5. The van der Waals surface area contributed by atoms with Crippen molar-refractivity contribution in [3.63, 3.8) is 0 Å². The molecule has 1 aromatic carbocycles. The predicted molar refractivity (Wildman–Crippen MR) is 82.9 cm³/mol. The first kappa shape index (κ1) is 14.1. The molecule has 2 heteroatoms. The molecule has 1 aliphatic carbocycles. The highest BCUT2D eigenvalue weighted by Gasteiger charge is 2.31. The molecule has 0 amide bonds. The van der Waals surface area contributed by atoms with Gasteiger partial charge < -0.3 is 10.1 Å². The van der Waals surface area contributed by atoms with Gasteiger partial charge in [-0.25, -0.2) is 0 Å². The van der Waals surface area contributed by atoms with Crippen molar-refractivity contribution < 1.29 is 4.74 Å². The van der Waals surface area contributed by atoms with E-state index in [0.29, 0.717) is 12.1 Å². The second-order valence-corrected chi connectivity index (χ2v) is 6.30. The van der Waals surface area contributed by atoms with Crippen LogP contribution in [0.5, 0.6) is 0 Å². The summed E-state index contributed by atoms with van der Waals surface area (Å²) in [6.07, 6.45) is 7.94. The van der Waals surface area contributed by atoms with E-state index in [1.165, 1.54) is 36.8 Å². The first-order valence-corrected chi connectivity index (χ1v) is 8.31. The largest absolute Gasteiger partial charge is 0.373 e. The molecular formula is C18H27NO.